The molecule has 2 aliphatic rings. The predicted octanol–water partition coefficient (Wildman–Crippen LogP) is -0.725. The van der Waals surface area contributed by atoms with Crippen LogP contribution in [0.3, 0.4) is 0 Å². The van der Waals surface area contributed by atoms with Crippen molar-refractivity contribution in [2.45, 2.75) is 6.42 Å². The highest BCUT2D eigenvalue weighted by molar-refractivity contribution is 7.91. The summed E-state index contributed by atoms with van der Waals surface area (Å²) in [7, 11) is -2.94. The molecule has 0 aromatic heterocycles. The van der Waals surface area contributed by atoms with Gasteiger partial charge in [0.05, 0.1) is 17.4 Å². The number of carbonyl (C=O) groups excluding carboxylic acids is 1. The molecule has 2 saturated heterocycles. The van der Waals surface area contributed by atoms with Gasteiger partial charge in [0.2, 0.25) is 5.91 Å². The van der Waals surface area contributed by atoms with Gasteiger partial charge in [-0.2, -0.15) is 0 Å². The van der Waals surface area contributed by atoms with E-state index in [2.05, 4.69) is 5.32 Å². The third-order valence-corrected chi connectivity index (χ3v) is 4.78. The van der Waals surface area contributed by atoms with E-state index in [1.165, 1.54) is 0 Å². The molecular weight excluding hydrogens is 252 g/mol. The van der Waals surface area contributed by atoms with Crippen molar-refractivity contribution in [1.82, 2.24) is 10.2 Å². The zero-order valence-electron chi connectivity index (χ0n) is 9.02. The van der Waals surface area contributed by atoms with E-state index in [0.717, 1.165) is 13.1 Å². The molecule has 1 amide bonds. The van der Waals surface area contributed by atoms with Gasteiger partial charge in [0.1, 0.15) is 0 Å². The lowest BCUT2D eigenvalue weighted by atomic mass is 10.1. The van der Waals surface area contributed by atoms with E-state index in [-0.39, 0.29) is 35.7 Å². The van der Waals surface area contributed by atoms with Crippen molar-refractivity contribution >= 4 is 28.2 Å². The van der Waals surface area contributed by atoms with E-state index in [1.807, 2.05) is 0 Å². The van der Waals surface area contributed by atoms with Crippen LogP contribution < -0.4 is 5.32 Å². The summed E-state index contributed by atoms with van der Waals surface area (Å²) in [6, 6.07) is 0. The molecule has 0 radical (unpaired) electrons. The summed E-state index contributed by atoms with van der Waals surface area (Å²) in [5.74, 6) is -0.0312. The minimum Gasteiger partial charge on any atom is -0.340 e. The van der Waals surface area contributed by atoms with Crippen LogP contribution in [-0.4, -0.2) is 56.9 Å². The van der Waals surface area contributed by atoms with Crippen LogP contribution in [0.1, 0.15) is 6.42 Å². The van der Waals surface area contributed by atoms with E-state index >= 15 is 0 Å². The van der Waals surface area contributed by atoms with Crippen molar-refractivity contribution in [2.24, 2.45) is 5.92 Å². The Labute approximate surface area is 102 Å². The van der Waals surface area contributed by atoms with E-state index in [4.69, 9.17) is 0 Å². The first kappa shape index (κ1) is 13.7. The van der Waals surface area contributed by atoms with Gasteiger partial charge in [0, 0.05) is 26.2 Å². The third kappa shape index (κ3) is 3.09. The molecule has 0 saturated carbocycles. The first-order valence-corrected chi connectivity index (χ1v) is 7.10. The Morgan fingerprint density at radius 2 is 1.88 bits per heavy atom. The number of nitrogens with one attached hydrogen (secondary N) is 1. The van der Waals surface area contributed by atoms with Gasteiger partial charge in [-0.3, -0.25) is 4.79 Å². The number of nitrogens with zero attached hydrogens (tertiary/aromatic N) is 1. The Hall–Kier alpha value is -0.330. The maximum Gasteiger partial charge on any atom is 0.226 e. The molecule has 16 heavy (non-hydrogen) atoms. The second kappa shape index (κ2) is 5.33. The minimum atomic E-state index is -2.94. The summed E-state index contributed by atoms with van der Waals surface area (Å²) in [6.45, 7) is 3.03. The van der Waals surface area contributed by atoms with Crippen LogP contribution in [0, 0.1) is 5.92 Å². The first-order chi connectivity index (χ1) is 7.08. The molecule has 5 nitrogen and oxygen atoms in total. The quantitative estimate of drug-likeness (QED) is 0.681. The first-order valence-electron chi connectivity index (χ1n) is 5.28. The molecule has 7 heteroatoms. The lowest BCUT2D eigenvalue weighted by Crippen LogP contribution is -2.48. The molecule has 2 fully saturated rings. The molecule has 0 aliphatic carbocycles. The van der Waals surface area contributed by atoms with Crippen molar-refractivity contribution in [3.63, 3.8) is 0 Å². The van der Waals surface area contributed by atoms with Crippen molar-refractivity contribution in [1.29, 1.82) is 0 Å². The minimum absolute atomic E-state index is 0. The second-order valence-corrected chi connectivity index (χ2v) is 6.40. The molecule has 1 unspecified atom stereocenters. The van der Waals surface area contributed by atoms with Crippen LogP contribution in [0.15, 0.2) is 0 Å². The smallest absolute Gasteiger partial charge is 0.226 e. The highest BCUT2D eigenvalue weighted by Crippen LogP contribution is 2.20. The molecular formula is C9H17ClN2O3S. The molecule has 1 N–H and O–H groups in total. The van der Waals surface area contributed by atoms with Gasteiger partial charge < -0.3 is 10.2 Å². The van der Waals surface area contributed by atoms with E-state index in [0.29, 0.717) is 19.5 Å². The molecule has 2 rings (SSSR count). The van der Waals surface area contributed by atoms with Gasteiger partial charge in [-0.05, 0) is 6.42 Å². The molecule has 1 atom stereocenters. The van der Waals surface area contributed by atoms with Crippen LogP contribution in [0.4, 0.5) is 0 Å². The monoisotopic (exact) mass is 268 g/mol. The number of sulfone groups is 1. The van der Waals surface area contributed by atoms with Gasteiger partial charge >= 0.3 is 0 Å². The number of carbonyl (C=O) groups is 1. The van der Waals surface area contributed by atoms with Gasteiger partial charge in [0.15, 0.2) is 9.84 Å². The number of hydrogen-bond donors (Lipinski definition) is 1. The Kier molecular flexibility index (Phi) is 4.58. The zero-order chi connectivity index (χ0) is 10.9. The maximum absolute atomic E-state index is 11.9. The van der Waals surface area contributed by atoms with Crippen molar-refractivity contribution in [3.8, 4) is 0 Å². The normalized spacial score (nSPS) is 28.5. The molecule has 0 aromatic rings. The summed E-state index contributed by atoms with van der Waals surface area (Å²) in [4.78, 5) is 13.7. The molecule has 0 bridgehead atoms. The fourth-order valence-electron chi connectivity index (χ4n) is 2.13. The Morgan fingerprint density at radius 3 is 2.38 bits per heavy atom. The summed E-state index contributed by atoms with van der Waals surface area (Å²) in [5, 5.41) is 3.16. The Morgan fingerprint density at radius 1 is 1.25 bits per heavy atom. The Bertz CT molecular complexity index is 352. The van der Waals surface area contributed by atoms with E-state index in [1.54, 1.807) is 4.90 Å². The number of amides is 1. The zero-order valence-corrected chi connectivity index (χ0v) is 10.6. The molecule has 0 aromatic carbocycles. The SMILES string of the molecule is Cl.O=C(C1CCS(=O)(=O)C1)N1CCNCC1. The lowest BCUT2D eigenvalue weighted by Gasteiger charge is -2.29. The van der Waals surface area contributed by atoms with Gasteiger partial charge in [-0.1, -0.05) is 0 Å². The van der Waals surface area contributed by atoms with Crippen molar-refractivity contribution in [3.05, 3.63) is 0 Å². The lowest BCUT2D eigenvalue weighted by molar-refractivity contribution is -0.135. The van der Waals surface area contributed by atoms with Crippen molar-refractivity contribution in [2.75, 3.05) is 37.7 Å². The average molecular weight is 269 g/mol. The van der Waals surface area contributed by atoms with E-state index in [9.17, 15) is 13.2 Å². The summed E-state index contributed by atoms with van der Waals surface area (Å²) >= 11 is 0. The van der Waals surface area contributed by atoms with Crippen LogP contribution in [0.5, 0.6) is 0 Å². The van der Waals surface area contributed by atoms with Crippen LogP contribution >= 0.6 is 12.4 Å². The standard InChI is InChI=1S/C9H16N2O3S.ClH/c12-9(11-4-2-10-3-5-11)8-1-6-15(13,14)7-8;/h8,10H,1-7H2;1H. The third-order valence-electron chi connectivity index (χ3n) is 3.01. The summed E-state index contributed by atoms with van der Waals surface area (Å²) in [5.41, 5.74) is 0. The topological polar surface area (TPSA) is 66.5 Å². The highest BCUT2D eigenvalue weighted by Gasteiger charge is 2.35. The number of piperazine rings is 1. The average Bonchev–Trinajstić information content (AvgIpc) is 2.59. The number of rotatable bonds is 1. The fourth-order valence-corrected chi connectivity index (χ4v) is 3.87. The predicted molar refractivity (Wildman–Crippen MR) is 63.5 cm³/mol. The summed E-state index contributed by atoms with van der Waals surface area (Å²) < 4.78 is 22.5. The fraction of sp³-hybridized carbons (Fsp3) is 0.889. The Balaban J connectivity index is 0.00000128. The number of halogens is 1. The largest absolute Gasteiger partial charge is 0.340 e. The van der Waals surface area contributed by atoms with Gasteiger partial charge in [-0.25, -0.2) is 8.42 Å². The van der Waals surface area contributed by atoms with Crippen LogP contribution in [0.2, 0.25) is 0 Å². The highest BCUT2D eigenvalue weighted by atomic mass is 35.5. The van der Waals surface area contributed by atoms with Gasteiger partial charge in [-0.15, -0.1) is 12.4 Å². The van der Waals surface area contributed by atoms with Crippen molar-refractivity contribution < 1.29 is 13.2 Å². The molecule has 0 spiro atoms. The summed E-state index contributed by atoms with van der Waals surface area (Å²) in [6.07, 6.45) is 0.505. The van der Waals surface area contributed by atoms with E-state index < -0.39 is 9.84 Å². The molecule has 94 valence electrons. The number of hydrogen-bond acceptors (Lipinski definition) is 4. The second-order valence-electron chi connectivity index (χ2n) is 4.18. The van der Waals surface area contributed by atoms with Gasteiger partial charge in [0.25, 0.3) is 0 Å². The molecule has 2 heterocycles. The molecule has 2 aliphatic heterocycles. The van der Waals surface area contributed by atoms with Crippen LogP contribution in [0.25, 0.3) is 0 Å². The maximum atomic E-state index is 11.9. The van der Waals surface area contributed by atoms with Crippen LogP contribution in [-0.2, 0) is 14.6 Å².